The minimum atomic E-state index is -0.852. The summed E-state index contributed by atoms with van der Waals surface area (Å²) in [6, 6.07) is 12.2. The lowest BCUT2D eigenvalue weighted by Crippen LogP contribution is -2.40. The molecule has 1 heterocycles. The molecule has 1 aliphatic rings. The summed E-state index contributed by atoms with van der Waals surface area (Å²) in [5.74, 6) is 6.15. The Morgan fingerprint density at radius 1 is 1.12 bits per heavy atom. The van der Waals surface area contributed by atoms with Gasteiger partial charge in [0.15, 0.2) is 0 Å². The fraction of sp³-hybridized carbons (Fsp3) is 0.240. The Bertz CT molecular complexity index is 1260. The zero-order chi connectivity index (χ0) is 23.4. The van der Waals surface area contributed by atoms with Crippen LogP contribution in [0.25, 0.3) is 10.8 Å². The molecule has 0 saturated heterocycles. The number of amides is 2. The number of halogens is 1. The number of nitrogens with one attached hydrogen (secondary N) is 2. The molecule has 0 aliphatic heterocycles. The van der Waals surface area contributed by atoms with Crippen molar-refractivity contribution in [1.82, 2.24) is 15.6 Å². The Morgan fingerprint density at radius 3 is 2.58 bits per heavy atom. The predicted octanol–water partition coefficient (Wildman–Crippen LogP) is 2.49. The van der Waals surface area contributed by atoms with E-state index >= 15 is 0 Å². The second-order valence-electron chi connectivity index (χ2n) is 7.96. The molecule has 1 atom stereocenters. The number of pyridine rings is 1. The van der Waals surface area contributed by atoms with Crippen LogP contribution in [0.5, 0.6) is 0 Å². The van der Waals surface area contributed by atoms with Gasteiger partial charge >= 0.3 is 0 Å². The zero-order valence-electron chi connectivity index (χ0n) is 17.8. The average Bonchev–Trinajstić information content (AvgIpc) is 3.66. The van der Waals surface area contributed by atoms with Gasteiger partial charge < -0.3 is 21.5 Å². The van der Waals surface area contributed by atoms with E-state index in [0.717, 1.165) is 23.6 Å². The monoisotopic (exact) mass is 462 g/mol. The summed E-state index contributed by atoms with van der Waals surface area (Å²) in [5.41, 5.74) is 7.76. The number of hydrogen-bond donors (Lipinski definition) is 4. The molecular formula is C25H23ClN4O3. The SMILES string of the molecule is Nc1ncc2ccc(Cl)cc2c1C#Cc1ccc(C(=O)NCC(O)CNC(=O)C2CC2)cc1. The highest BCUT2D eigenvalue weighted by molar-refractivity contribution is 6.31. The first kappa shape index (κ1) is 22.6. The van der Waals surface area contributed by atoms with Crippen LogP contribution < -0.4 is 16.4 Å². The number of benzene rings is 2. The lowest BCUT2D eigenvalue weighted by Gasteiger charge is -2.13. The van der Waals surface area contributed by atoms with Gasteiger partial charge in [-0.05, 0) is 49.2 Å². The normalized spacial score (nSPS) is 13.6. The predicted molar refractivity (Wildman–Crippen MR) is 128 cm³/mol. The highest BCUT2D eigenvalue weighted by Gasteiger charge is 2.29. The minimum Gasteiger partial charge on any atom is -0.389 e. The van der Waals surface area contributed by atoms with E-state index in [1.807, 2.05) is 6.07 Å². The summed E-state index contributed by atoms with van der Waals surface area (Å²) in [4.78, 5) is 28.1. The van der Waals surface area contributed by atoms with E-state index in [0.29, 0.717) is 27.5 Å². The van der Waals surface area contributed by atoms with Crippen LogP contribution in [-0.4, -0.2) is 41.1 Å². The zero-order valence-corrected chi connectivity index (χ0v) is 18.5. The molecule has 1 aliphatic carbocycles. The van der Waals surface area contributed by atoms with E-state index < -0.39 is 6.10 Å². The molecule has 1 fully saturated rings. The van der Waals surface area contributed by atoms with Gasteiger partial charge in [-0.1, -0.05) is 29.5 Å². The van der Waals surface area contributed by atoms with Crippen LogP contribution in [0.3, 0.4) is 0 Å². The van der Waals surface area contributed by atoms with E-state index in [1.54, 1.807) is 42.6 Å². The van der Waals surface area contributed by atoms with Crippen LogP contribution in [0.4, 0.5) is 5.82 Å². The van der Waals surface area contributed by atoms with Crippen molar-refractivity contribution in [1.29, 1.82) is 0 Å². The minimum absolute atomic E-state index is 0.0405. The second-order valence-corrected chi connectivity index (χ2v) is 8.40. The van der Waals surface area contributed by atoms with Gasteiger partial charge in [-0.25, -0.2) is 4.98 Å². The number of nitrogens with two attached hydrogens (primary N) is 1. The molecule has 5 N–H and O–H groups in total. The largest absolute Gasteiger partial charge is 0.389 e. The van der Waals surface area contributed by atoms with Crippen LogP contribution >= 0.6 is 11.6 Å². The number of aliphatic hydroxyl groups is 1. The topological polar surface area (TPSA) is 117 Å². The van der Waals surface area contributed by atoms with E-state index in [4.69, 9.17) is 17.3 Å². The van der Waals surface area contributed by atoms with Crippen molar-refractivity contribution in [2.45, 2.75) is 18.9 Å². The van der Waals surface area contributed by atoms with Crippen molar-refractivity contribution in [3.05, 3.63) is 70.4 Å². The Labute approximate surface area is 196 Å². The van der Waals surface area contributed by atoms with Crippen molar-refractivity contribution in [2.24, 2.45) is 5.92 Å². The molecule has 0 bridgehead atoms. The molecule has 4 rings (SSSR count). The van der Waals surface area contributed by atoms with Crippen molar-refractivity contribution in [2.75, 3.05) is 18.8 Å². The van der Waals surface area contributed by atoms with Crippen LogP contribution in [0.15, 0.2) is 48.7 Å². The van der Waals surface area contributed by atoms with Gasteiger partial charge in [0.2, 0.25) is 5.91 Å². The summed E-state index contributed by atoms with van der Waals surface area (Å²) in [6.45, 7) is 0.156. The van der Waals surface area contributed by atoms with Gasteiger partial charge in [-0.3, -0.25) is 9.59 Å². The maximum Gasteiger partial charge on any atom is 0.251 e. The highest BCUT2D eigenvalue weighted by atomic mass is 35.5. The van der Waals surface area contributed by atoms with Gasteiger partial charge in [-0.2, -0.15) is 0 Å². The fourth-order valence-electron chi connectivity index (χ4n) is 3.26. The molecule has 7 nitrogen and oxygen atoms in total. The lowest BCUT2D eigenvalue weighted by molar-refractivity contribution is -0.122. The molecule has 3 aromatic rings. The number of anilines is 1. The molecule has 1 unspecified atom stereocenters. The first-order valence-corrected chi connectivity index (χ1v) is 11.0. The number of nitrogen functional groups attached to an aromatic ring is 1. The molecule has 33 heavy (non-hydrogen) atoms. The average molecular weight is 463 g/mol. The molecular weight excluding hydrogens is 440 g/mol. The third-order valence-corrected chi connectivity index (χ3v) is 5.56. The molecule has 1 saturated carbocycles. The van der Waals surface area contributed by atoms with Gasteiger partial charge in [0.25, 0.3) is 5.91 Å². The molecule has 0 radical (unpaired) electrons. The van der Waals surface area contributed by atoms with E-state index in [9.17, 15) is 14.7 Å². The third-order valence-electron chi connectivity index (χ3n) is 5.32. The summed E-state index contributed by atoms with van der Waals surface area (Å²) in [6.07, 6.45) is 2.63. The van der Waals surface area contributed by atoms with Crippen LogP contribution in [0.2, 0.25) is 5.02 Å². The van der Waals surface area contributed by atoms with Crippen molar-refractivity contribution >= 4 is 40.0 Å². The lowest BCUT2D eigenvalue weighted by atomic mass is 10.1. The molecule has 1 aromatic heterocycles. The quantitative estimate of drug-likeness (QED) is 0.420. The number of carbonyl (C=O) groups is 2. The van der Waals surface area contributed by atoms with Crippen LogP contribution in [0, 0.1) is 17.8 Å². The molecule has 2 amide bonds. The second kappa shape index (κ2) is 9.90. The molecule has 2 aromatic carbocycles. The van der Waals surface area contributed by atoms with E-state index in [2.05, 4.69) is 27.5 Å². The molecule has 8 heteroatoms. The molecule has 168 valence electrons. The summed E-state index contributed by atoms with van der Waals surface area (Å²) >= 11 is 6.12. The number of rotatable bonds is 6. The smallest absolute Gasteiger partial charge is 0.251 e. The van der Waals surface area contributed by atoms with Gasteiger partial charge in [0, 0.05) is 52.1 Å². The first-order chi connectivity index (χ1) is 15.9. The number of aliphatic hydroxyl groups excluding tert-OH is 1. The van der Waals surface area contributed by atoms with Crippen molar-refractivity contribution in [3.63, 3.8) is 0 Å². The van der Waals surface area contributed by atoms with E-state index in [1.165, 1.54) is 0 Å². The van der Waals surface area contributed by atoms with Crippen LogP contribution in [-0.2, 0) is 4.79 Å². The fourth-order valence-corrected chi connectivity index (χ4v) is 3.44. The number of nitrogens with zero attached hydrogens (tertiary/aromatic N) is 1. The first-order valence-electron chi connectivity index (χ1n) is 10.6. The van der Waals surface area contributed by atoms with Gasteiger partial charge in [0.1, 0.15) is 5.82 Å². The number of aromatic nitrogens is 1. The van der Waals surface area contributed by atoms with Gasteiger partial charge in [0.05, 0.1) is 11.7 Å². The van der Waals surface area contributed by atoms with E-state index in [-0.39, 0.29) is 30.8 Å². The number of fused-ring (bicyclic) bond motifs is 1. The Morgan fingerprint density at radius 2 is 1.85 bits per heavy atom. The highest BCUT2D eigenvalue weighted by Crippen LogP contribution is 2.28. The van der Waals surface area contributed by atoms with Crippen molar-refractivity contribution in [3.8, 4) is 11.8 Å². The van der Waals surface area contributed by atoms with Crippen molar-refractivity contribution < 1.29 is 14.7 Å². The van der Waals surface area contributed by atoms with Gasteiger partial charge in [-0.15, -0.1) is 0 Å². The summed E-state index contributed by atoms with van der Waals surface area (Å²) < 4.78 is 0. The summed E-state index contributed by atoms with van der Waals surface area (Å²) in [7, 11) is 0. The molecule has 0 spiro atoms. The standard InChI is InChI=1S/C25H23ClN4O3/c26-19-9-8-18-12-28-23(27)21(22(18)11-19)10-3-15-1-4-16(5-2-15)24(32)29-13-20(31)14-30-25(33)17-6-7-17/h1-2,4-5,8-9,11-12,17,20,31H,6-7,13-14H2,(H2,27,28)(H,29,32)(H,30,33). The summed E-state index contributed by atoms with van der Waals surface area (Å²) in [5, 5.41) is 17.6. The number of carbonyl (C=O) groups excluding carboxylic acids is 2. The number of hydrogen-bond acceptors (Lipinski definition) is 5. The maximum atomic E-state index is 12.3. The van der Waals surface area contributed by atoms with Crippen LogP contribution in [0.1, 0.15) is 34.3 Å². The Kier molecular flexibility index (Phi) is 6.78. The maximum absolute atomic E-state index is 12.3. The Hall–Kier alpha value is -3.60. The third kappa shape index (κ3) is 5.80. The Balaban J connectivity index is 1.37.